The van der Waals surface area contributed by atoms with Gasteiger partial charge in [-0.1, -0.05) is 127 Å². The van der Waals surface area contributed by atoms with E-state index in [0.29, 0.717) is 0 Å². The molecule has 0 N–H and O–H groups in total. The molecule has 6 aromatic rings. The SMILES string of the molecule is c1ccc(-c2ccc(-c3cccc(-c4ccc(-c5ccccc5-c5ccccn5)cc4)c3)cc2)cc1. The van der Waals surface area contributed by atoms with Gasteiger partial charge in [0.25, 0.3) is 0 Å². The molecule has 1 heterocycles. The lowest BCUT2D eigenvalue weighted by molar-refractivity contribution is 1.33. The normalized spacial score (nSPS) is 10.8. The summed E-state index contributed by atoms with van der Waals surface area (Å²) < 4.78 is 0. The van der Waals surface area contributed by atoms with Crippen LogP contribution in [0.1, 0.15) is 0 Å². The first-order valence-corrected chi connectivity index (χ1v) is 12.2. The van der Waals surface area contributed by atoms with Gasteiger partial charge in [0.05, 0.1) is 5.69 Å². The Morgan fingerprint density at radius 1 is 0.306 bits per heavy atom. The summed E-state index contributed by atoms with van der Waals surface area (Å²) >= 11 is 0. The maximum absolute atomic E-state index is 4.56. The summed E-state index contributed by atoms with van der Waals surface area (Å²) in [6.45, 7) is 0. The molecule has 6 rings (SSSR count). The predicted molar refractivity (Wildman–Crippen MR) is 151 cm³/mol. The molecule has 170 valence electrons. The maximum Gasteiger partial charge on any atom is 0.0708 e. The molecular weight excluding hydrogens is 434 g/mol. The highest BCUT2D eigenvalue weighted by atomic mass is 14.7. The zero-order valence-electron chi connectivity index (χ0n) is 19.9. The molecule has 1 aromatic heterocycles. The molecular formula is C35H25N. The van der Waals surface area contributed by atoms with Crippen LogP contribution in [0.4, 0.5) is 0 Å². The van der Waals surface area contributed by atoms with Gasteiger partial charge in [0.2, 0.25) is 0 Å². The number of hydrogen-bond acceptors (Lipinski definition) is 1. The van der Waals surface area contributed by atoms with Crippen LogP contribution in [0.15, 0.2) is 152 Å². The number of nitrogens with zero attached hydrogens (tertiary/aromatic N) is 1. The van der Waals surface area contributed by atoms with Crippen LogP contribution >= 0.6 is 0 Å². The highest BCUT2D eigenvalue weighted by Crippen LogP contribution is 2.33. The Morgan fingerprint density at radius 3 is 1.39 bits per heavy atom. The summed E-state index contributed by atoms with van der Waals surface area (Å²) in [5.74, 6) is 0. The second-order valence-corrected chi connectivity index (χ2v) is 8.86. The fourth-order valence-electron chi connectivity index (χ4n) is 4.69. The largest absolute Gasteiger partial charge is 0.256 e. The van der Waals surface area contributed by atoms with E-state index in [0.717, 1.165) is 11.3 Å². The number of aromatic nitrogens is 1. The molecule has 1 heteroatoms. The first-order chi connectivity index (χ1) is 17.8. The first kappa shape index (κ1) is 21.8. The summed E-state index contributed by atoms with van der Waals surface area (Å²) in [4.78, 5) is 4.56. The lowest BCUT2D eigenvalue weighted by atomic mass is 9.94. The third kappa shape index (κ3) is 4.47. The van der Waals surface area contributed by atoms with Crippen molar-refractivity contribution < 1.29 is 0 Å². The van der Waals surface area contributed by atoms with Gasteiger partial charge in [-0.2, -0.15) is 0 Å². The third-order valence-corrected chi connectivity index (χ3v) is 6.59. The molecule has 0 amide bonds. The van der Waals surface area contributed by atoms with Gasteiger partial charge in [0, 0.05) is 11.8 Å². The Balaban J connectivity index is 1.28. The molecule has 0 aliphatic heterocycles. The van der Waals surface area contributed by atoms with Gasteiger partial charge < -0.3 is 0 Å². The Kier molecular flexibility index (Phi) is 5.96. The molecule has 5 aromatic carbocycles. The van der Waals surface area contributed by atoms with Gasteiger partial charge in [0.15, 0.2) is 0 Å². The van der Waals surface area contributed by atoms with Gasteiger partial charge in [-0.05, 0) is 62.7 Å². The van der Waals surface area contributed by atoms with E-state index in [9.17, 15) is 0 Å². The molecule has 0 fully saturated rings. The molecule has 36 heavy (non-hydrogen) atoms. The lowest BCUT2D eigenvalue weighted by Gasteiger charge is -2.11. The summed E-state index contributed by atoms with van der Waals surface area (Å²) in [5.41, 5.74) is 11.8. The van der Waals surface area contributed by atoms with Crippen LogP contribution in [0.5, 0.6) is 0 Å². The van der Waals surface area contributed by atoms with E-state index < -0.39 is 0 Å². The van der Waals surface area contributed by atoms with Crippen LogP contribution < -0.4 is 0 Å². The second-order valence-electron chi connectivity index (χ2n) is 8.86. The van der Waals surface area contributed by atoms with Crippen LogP contribution in [0.25, 0.3) is 55.8 Å². The number of rotatable bonds is 5. The van der Waals surface area contributed by atoms with Crippen molar-refractivity contribution >= 4 is 0 Å². The Morgan fingerprint density at radius 2 is 0.778 bits per heavy atom. The van der Waals surface area contributed by atoms with Crippen LogP contribution in [0.2, 0.25) is 0 Å². The summed E-state index contributed by atoms with van der Waals surface area (Å²) in [5, 5.41) is 0. The van der Waals surface area contributed by atoms with Crippen molar-refractivity contribution in [2.45, 2.75) is 0 Å². The van der Waals surface area contributed by atoms with Gasteiger partial charge in [0.1, 0.15) is 0 Å². The fourth-order valence-corrected chi connectivity index (χ4v) is 4.69. The molecule has 0 radical (unpaired) electrons. The molecule has 0 aliphatic rings. The van der Waals surface area contributed by atoms with Crippen molar-refractivity contribution in [1.82, 2.24) is 4.98 Å². The Bertz CT molecular complexity index is 1580. The van der Waals surface area contributed by atoms with Gasteiger partial charge in [-0.3, -0.25) is 4.98 Å². The minimum absolute atomic E-state index is 0.989. The van der Waals surface area contributed by atoms with E-state index in [-0.39, 0.29) is 0 Å². The third-order valence-electron chi connectivity index (χ3n) is 6.59. The maximum atomic E-state index is 4.56. The van der Waals surface area contributed by atoms with E-state index in [4.69, 9.17) is 0 Å². The number of pyridine rings is 1. The number of benzene rings is 5. The number of hydrogen-bond donors (Lipinski definition) is 0. The van der Waals surface area contributed by atoms with E-state index >= 15 is 0 Å². The van der Waals surface area contributed by atoms with E-state index in [1.807, 2.05) is 18.3 Å². The first-order valence-electron chi connectivity index (χ1n) is 12.2. The fraction of sp³-hybridized carbons (Fsp3) is 0. The highest BCUT2D eigenvalue weighted by Gasteiger charge is 2.09. The van der Waals surface area contributed by atoms with Crippen molar-refractivity contribution in [2.24, 2.45) is 0 Å². The van der Waals surface area contributed by atoms with Crippen LogP contribution in [0, 0.1) is 0 Å². The summed E-state index contributed by atoms with van der Waals surface area (Å²) in [6.07, 6.45) is 1.84. The van der Waals surface area contributed by atoms with E-state index in [1.54, 1.807) is 0 Å². The van der Waals surface area contributed by atoms with Gasteiger partial charge >= 0.3 is 0 Å². The minimum Gasteiger partial charge on any atom is -0.256 e. The molecule has 0 aliphatic carbocycles. The summed E-state index contributed by atoms with van der Waals surface area (Å²) in [7, 11) is 0. The zero-order valence-corrected chi connectivity index (χ0v) is 19.9. The van der Waals surface area contributed by atoms with E-state index in [1.165, 1.54) is 44.5 Å². The molecule has 0 spiro atoms. The van der Waals surface area contributed by atoms with Crippen molar-refractivity contribution in [3.8, 4) is 55.8 Å². The predicted octanol–water partition coefficient (Wildman–Crippen LogP) is 9.42. The Labute approximate surface area is 212 Å². The molecule has 0 unspecified atom stereocenters. The van der Waals surface area contributed by atoms with Crippen molar-refractivity contribution in [1.29, 1.82) is 0 Å². The highest BCUT2D eigenvalue weighted by molar-refractivity contribution is 5.83. The summed E-state index contributed by atoms with van der Waals surface area (Å²) in [6, 6.07) is 51.4. The quantitative estimate of drug-likeness (QED) is 0.250. The molecule has 0 bridgehead atoms. The van der Waals surface area contributed by atoms with E-state index in [2.05, 4.69) is 138 Å². The van der Waals surface area contributed by atoms with Crippen LogP contribution in [-0.4, -0.2) is 4.98 Å². The van der Waals surface area contributed by atoms with Crippen molar-refractivity contribution in [3.05, 3.63) is 152 Å². The average molecular weight is 460 g/mol. The monoisotopic (exact) mass is 459 g/mol. The van der Waals surface area contributed by atoms with Crippen LogP contribution in [-0.2, 0) is 0 Å². The molecule has 0 saturated heterocycles. The molecule has 1 nitrogen and oxygen atoms in total. The smallest absolute Gasteiger partial charge is 0.0708 e. The standard InChI is InChI=1S/C35H25N/c1-2-9-26(10-3-1)27-16-18-28(19-17-27)31-11-8-12-32(25-31)29-20-22-30(23-21-29)33-13-4-5-14-34(33)35-15-6-7-24-36-35/h1-25H. The second kappa shape index (κ2) is 9.85. The van der Waals surface area contributed by atoms with Crippen LogP contribution in [0.3, 0.4) is 0 Å². The topological polar surface area (TPSA) is 12.9 Å². The molecule has 0 saturated carbocycles. The van der Waals surface area contributed by atoms with Gasteiger partial charge in [-0.15, -0.1) is 0 Å². The minimum atomic E-state index is 0.989. The van der Waals surface area contributed by atoms with Crippen molar-refractivity contribution in [3.63, 3.8) is 0 Å². The lowest BCUT2D eigenvalue weighted by Crippen LogP contribution is -1.88. The zero-order chi connectivity index (χ0) is 24.2. The van der Waals surface area contributed by atoms with Gasteiger partial charge in [-0.25, -0.2) is 0 Å². The molecule has 0 atom stereocenters. The Hall–Kier alpha value is -4.75. The van der Waals surface area contributed by atoms with Crippen molar-refractivity contribution in [2.75, 3.05) is 0 Å². The average Bonchev–Trinajstić information content (AvgIpc) is 2.98.